The molecular weight excluding hydrogens is 440 g/mol. The molecule has 2 saturated heterocycles. The molecule has 8 nitrogen and oxygen atoms in total. The summed E-state index contributed by atoms with van der Waals surface area (Å²) in [5.41, 5.74) is 0. The summed E-state index contributed by atoms with van der Waals surface area (Å²) in [5, 5.41) is 37.0. The van der Waals surface area contributed by atoms with Gasteiger partial charge in [0.25, 0.3) is 0 Å². The fourth-order valence-corrected chi connectivity index (χ4v) is 4.64. The van der Waals surface area contributed by atoms with Crippen molar-refractivity contribution in [3.05, 3.63) is 0 Å². The lowest BCUT2D eigenvalue weighted by molar-refractivity contribution is -0.231. The van der Waals surface area contributed by atoms with Crippen molar-refractivity contribution in [1.82, 2.24) is 0 Å². The van der Waals surface area contributed by atoms with Crippen LogP contribution in [0.25, 0.3) is 0 Å². The topological polar surface area (TPSA) is 118 Å². The molecule has 2 rings (SSSR count). The van der Waals surface area contributed by atoms with Crippen LogP contribution in [0.2, 0.25) is 0 Å². The van der Waals surface area contributed by atoms with Crippen molar-refractivity contribution in [2.75, 3.05) is 26.4 Å². The first-order chi connectivity index (χ1) is 16.2. The molecule has 0 aromatic heterocycles. The second-order valence-electron chi connectivity index (χ2n) is 10.6. The van der Waals surface area contributed by atoms with Gasteiger partial charge in [0, 0.05) is 11.8 Å². The van der Waals surface area contributed by atoms with Gasteiger partial charge in [0.1, 0.15) is 0 Å². The SMILES string of the molecule is CC(C)[C@@H](O[C@@H]1CCC[C@H](C)O1)C(CO)CO.CC(C)[C@@H](O[C@@H]1CCC[C@H](C)O1)C(CO)CO. The molecule has 0 bridgehead atoms. The Bertz CT molecular complexity index is 451. The quantitative estimate of drug-likeness (QED) is 0.328. The predicted molar refractivity (Wildman–Crippen MR) is 131 cm³/mol. The number of aliphatic hydroxyl groups excluding tert-OH is 4. The van der Waals surface area contributed by atoms with Crippen LogP contribution < -0.4 is 0 Å². The molecule has 0 aliphatic carbocycles. The van der Waals surface area contributed by atoms with E-state index in [2.05, 4.69) is 13.8 Å². The average molecular weight is 493 g/mol. The summed E-state index contributed by atoms with van der Waals surface area (Å²) >= 11 is 0. The molecule has 2 aliphatic rings. The number of ether oxygens (including phenoxy) is 4. The van der Waals surface area contributed by atoms with Crippen molar-refractivity contribution < 1.29 is 39.4 Å². The molecule has 0 aromatic rings. The van der Waals surface area contributed by atoms with Gasteiger partial charge < -0.3 is 39.4 Å². The minimum absolute atomic E-state index is 0.0539. The van der Waals surface area contributed by atoms with Gasteiger partial charge in [0.15, 0.2) is 12.6 Å². The van der Waals surface area contributed by atoms with Gasteiger partial charge in [-0.1, -0.05) is 27.7 Å². The minimum Gasteiger partial charge on any atom is -0.396 e. The van der Waals surface area contributed by atoms with E-state index in [0.29, 0.717) is 0 Å². The molecule has 2 aliphatic heterocycles. The molecule has 34 heavy (non-hydrogen) atoms. The van der Waals surface area contributed by atoms with Gasteiger partial charge in [-0.05, 0) is 64.2 Å². The smallest absolute Gasteiger partial charge is 0.158 e. The number of rotatable bonds is 12. The van der Waals surface area contributed by atoms with Crippen molar-refractivity contribution in [1.29, 1.82) is 0 Å². The van der Waals surface area contributed by atoms with Gasteiger partial charge in [-0.2, -0.15) is 0 Å². The molecule has 0 radical (unpaired) electrons. The number of hydrogen-bond acceptors (Lipinski definition) is 8. The standard InChI is InChI=1S/2C13H26O4/c2*1-9(2)13(11(7-14)8-15)17-12-6-4-5-10(3)16-12/h2*9-15H,4-8H2,1-3H3/t2*10-,12+,13+/m00/s1. The molecule has 4 N–H and O–H groups in total. The van der Waals surface area contributed by atoms with E-state index >= 15 is 0 Å². The summed E-state index contributed by atoms with van der Waals surface area (Å²) in [6.07, 6.45) is 5.98. The summed E-state index contributed by atoms with van der Waals surface area (Å²) in [6.45, 7) is 12.0. The van der Waals surface area contributed by atoms with Crippen LogP contribution in [0.15, 0.2) is 0 Å². The molecule has 0 saturated carbocycles. The minimum atomic E-state index is -0.226. The highest BCUT2D eigenvalue weighted by Gasteiger charge is 2.31. The molecule has 2 fully saturated rings. The van der Waals surface area contributed by atoms with E-state index in [1.807, 2.05) is 27.7 Å². The van der Waals surface area contributed by atoms with Crippen LogP contribution in [-0.2, 0) is 18.9 Å². The maximum Gasteiger partial charge on any atom is 0.158 e. The second-order valence-corrected chi connectivity index (χ2v) is 10.6. The van der Waals surface area contributed by atoms with Gasteiger partial charge in [-0.25, -0.2) is 0 Å². The highest BCUT2D eigenvalue weighted by Crippen LogP contribution is 2.26. The van der Waals surface area contributed by atoms with Crippen LogP contribution >= 0.6 is 0 Å². The molecule has 0 unspecified atom stereocenters. The Kier molecular flexibility index (Phi) is 16.0. The van der Waals surface area contributed by atoms with Crippen LogP contribution in [0.1, 0.15) is 80.1 Å². The van der Waals surface area contributed by atoms with Gasteiger partial charge in [-0.15, -0.1) is 0 Å². The maximum absolute atomic E-state index is 9.25. The molecule has 6 atom stereocenters. The molecule has 8 heteroatoms. The third-order valence-corrected chi connectivity index (χ3v) is 6.67. The predicted octanol–water partition coefficient (Wildman–Crippen LogP) is 3.09. The Morgan fingerprint density at radius 1 is 0.618 bits per heavy atom. The monoisotopic (exact) mass is 492 g/mol. The summed E-state index contributed by atoms with van der Waals surface area (Å²) in [4.78, 5) is 0. The Morgan fingerprint density at radius 3 is 1.18 bits per heavy atom. The van der Waals surface area contributed by atoms with Crippen LogP contribution in [0, 0.1) is 23.7 Å². The Morgan fingerprint density at radius 2 is 0.941 bits per heavy atom. The van der Waals surface area contributed by atoms with E-state index in [0.717, 1.165) is 38.5 Å². The van der Waals surface area contributed by atoms with Crippen LogP contribution in [-0.4, -0.2) is 83.8 Å². The van der Waals surface area contributed by atoms with Crippen LogP contribution in [0.5, 0.6) is 0 Å². The Hall–Kier alpha value is -0.320. The highest BCUT2D eigenvalue weighted by molar-refractivity contribution is 4.75. The van der Waals surface area contributed by atoms with Crippen molar-refractivity contribution >= 4 is 0 Å². The van der Waals surface area contributed by atoms with Crippen LogP contribution in [0.3, 0.4) is 0 Å². The Labute approximate surface area is 206 Å². The summed E-state index contributed by atoms with van der Waals surface area (Å²) in [6, 6.07) is 0. The normalized spacial score (nSPS) is 27.7. The van der Waals surface area contributed by atoms with E-state index in [4.69, 9.17) is 18.9 Å². The van der Waals surface area contributed by atoms with E-state index in [9.17, 15) is 20.4 Å². The van der Waals surface area contributed by atoms with E-state index in [-0.39, 0.29) is 87.1 Å². The summed E-state index contributed by atoms with van der Waals surface area (Å²) < 4.78 is 23.3. The lowest BCUT2D eigenvalue weighted by Crippen LogP contribution is -2.40. The molecule has 0 spiro atoms. The van der Waals surface area contributed by atoms with Crippen molar-refractivity contribution in [2.24, 2.45) is 23.7 Å². The molecule has 204 valence electrons. The third kappa shape index (κ3) is 11.2. The first-order valence-electron chi connectivity index (χ1n) is 13.2. The average Bonchev–Trinajstić information content (AvgIpc) is 2.79. The van der Waals surface area contributed by atoms with Crippen molar-refractivity contribution in [3.8, 4) is 0 Å². The zero-order valence-corrected chi connectivity index (χ0v) is 22.3. The molecule has 0 aromatic carbocycles. The molecular formula is C26H52O8. The zero-order valence-electron chi connectivity index (χ0n) is 22.3. The summed E-state index contributed by atoms with van der Waals surface area (Å²) in [5.74, 6) is 0.0481. The second kappa shape index (κ2) is 17.2. The van der Waals surface area contributed by atoms with Crippen molar-refractivity contribution in [3.63, 3.8) is 0 Å². The lowest BCUT2D eigenvalue weighted by Gasteiger charge is -2.35. The zero-order chi connectivity index (χ0) is 25.7. The molecule has 2 heterocycles. The Balaban J connectivity index is 0.000000340. The molecule has 0 amide bonds. The van der Waals surface area contributed by atoms with E-state index < -0.39 is 0 Å². The van der Waals surface area contributed by atoms with E-state index in [1.165, 1.54) is 0 Å². The first kappa shape index (κ1) is 31.7. The van der Waals surface area contributed by atoms with Gasteiger partial charge in [0.05, 0.1) is 50.8 Å². The number of hydrogen-bond donors (Lipinski definition) is 4. The third-order valence-electron chi connectivity index (χ3n) is 6.67. The first-order valence-corrected chi connectivity index (χ1v) is 13.2. The maximum atomic E-state index is 9.25. The largest absolute Gasteiger partial charge is 0.396 e. The van der Waals surface area contributed by atoms with Gasteiger partial charge in [0.2, 0.25) is 0 Å². The number of aliphatic hydroxyl groups is 4. The fraction of sp³-hybridized carbons (Fsp3) is 1.00. The lowest BCUT2D eigenvalue weighted by atomic mass is 9.94. The highest BCUT2D eigenvalue weighted by atomic mass is 16.7. The fourth-order valence-electron chi connectivity index (χ4n) is 4.64. The van der Waals surface area contributed by atoms with Gasteiger partial charge in [-0.3, -0.25) is 0 Å². The van der Waals surface area contributed by atoms with E-state index in [1.54, 1.807) is 0 Å². The summed E-state index contributed by atoms with van der Waals surface area (Å²) in [7, 11) is 0. The van der Waals surface area contributed by atoms with Crippen molar-refractivity contribution in [2.45, 2.75) is 117 Å². The van der Waals surface area contributed by atoms with Gasteiger partial charge >= 0.3 is 0 Å². The van der Waals surface area contributed by atoms with Crippen LogP contribution in [0.4, 0.5) is 0 Å².